The van der Waals surface area contributed by atoms with Gasteiger partial charge in [-0.3, -0.25) is 9.78 Å². The van der Waals surface area contributed by atoms with Crippen molar-refractivity contribution < 1.29 is 9.53 Å². The molecule has 5 rings (SSSR count). The minimum Gasteiger partial charge on any atom is -0.497 e. The van der Waals surface area contributed by atoms with E-state index in [0.717, 1.165) is 34.6 Å². The Morgan fingerprint density at radius 2 is 1.97 bits per heavy atom. The SMILES string of the molecule is COc1ccc(-c2nc3n(n2)[C@H](c2cccnc2)C2=C(CC(C)(C)CC2=O)N3)cc1. The topological polar surface area (TPSA) is 81.9 Å². The van der Waals surface area contributed by atoms with Gasteiger partial charge in [-0.2, -0.15) is 4.98 Å². The van der Waals surface area contributed by atoms with Crippen molar-refractivity contribution in [2.75, 3.05) is 12.4 Å². The number of Topliss-reactive ketones (excluding diaryl/α,β-unsaturated/α-hetero) is 1. The van der Waals surface area contributed by atoms with Crippen molar-refractivity contribution in [2.24, 2.45) is 5.41 Å². The molecular formula is C23H23N5O2. The molecule has 7 heteroatoms. The first-order valence-corrected chi connectivity index (χ1v) is 9.99. The molecule has 0 unspecified atom stereocenters. The van der Waals surface area contributed by atoms with E-state index in [9.17, 15) is 4.79 Å². The molecule has 3 heterocycles. The lowest BCUT2D eigenvalue weighted by Gasteiger charge is -2.38. The molecule has 1 aromatic carbocycles. The molecule has 0 spiro atoms. The standard InChI is InChI=1S/C23H23N5O2/c1-23(2)11-17-19(18(29)12-23)20(15-5-4-10-24-13-15)28-22(25-17)26-21(27-28)14-6-8-16(30-3)9-7-14/h4-10,13,20H,11-12H2,1-3H3,(H,25,26,27)/t20-/m1/s1. The monoisotopic (exact) mass is 401 g/mol. The van der Waals surface area contributed by atoms with Crippen LogP contribution in [0.2, 0.25) is 0 Å². The molecule has 0 radical (unpaired) electrons. The number of carbonyl (C=O) groups is 1. The number of aromatic nitrogens is 4. The molecule has 1 N–H and O–H groups in total. The third-order valence-corrected chi connectivity index (χ3v) is 5.68. The summed E-state index contributed by atoms with van der Waals surface area (Å²) in [5, 5.41) is 8.18. The lowest BCUT2D eigenvalue weighted by Crippen LogP contribution is -2.36. The Morgan fingerprint density at radius 1 is 1.17 bits per heavy atom. The number of hydrogen-bond donors (Lipinski definition) is 1. The first kappa shape index (κ1) is 18.5. The van der Waals surface area contributed by atoms with Crippen LogP contribution in [0.1, 0.15) is 38.3 Å². The van der Waals surface area contributed by atoms with Crippen molar-refractivity contribution in [2.45, 2.75) is 32.7 Å². The fourth-order valence-electron chi connectivity index (χ4n) is 4.32. The first-order chi connectivity index (χ1) is 14.4. The molecule has 0 saturated carbocycles. The predicted octanol–water partition coefficient (Wildman–Crippen LogP) is 4.01. The van der Waals surface area contributed by atoms with Crippen LogP contribution in [-0.2, 0) is 4.79 Å². The highest BCUT2D eigenvalue weighted by atomic mass is 16.5. The molecule has 0 fully saturated rings. The number of rotatable bonds is 3. The Hall–Kier alpha value is -3.48. The summed E-state index contributed by atoms with van der Waals surface area (Å²) < 4.78 is 7.06. The second-order valence-corrected chi connectivity index (χ2v) is 8.58. The van der Waals surface area contributed by atoms with Gasteiger partial charge in [0.05, 0.1) is 7.11 Å². The van der Waals surface area contributed by atoms with Gasteiger partial charge in [0.2, 0.25) is 5.95 Å². The van der Waals surface area contributed by atoms with E-state index >= 15 is 0 Å². The van der Waals surface area contributed by atoms with Gasteiger partial charge >= 0.3 is 0 Å². The molecule has 30 heavy (non-hydrogen) atoms. The lowest BCUT2D eigenvalue weighted by molar-refractivity contribution is -0.118. The van der Waals surface area contributed by atoms with Crippen molar-refractivity contribution >= 4 is 11.7 Å². The Bertz CT molecular complexity index is 1150. The third kappa shape index (κ3) is 3.07. The highest BCUT2D eigenvalue weighted by molar-refractivity contribution is 6.00. The van der Waals surface area contributed by atoms with Crippen molar-refractivity contribution in [3.8, 4) is 17.1 Å². The van der Waals surface area contributed by atoms with Gasteiger partial charge < -0.3 is 10.1 Å². The molecule has 0 saturated heterocycles. The van der Waals surface area contributed by atoms with Crippen LogP contribution in [-0.4, -0.2) is 32.6 Å². The van der Waals surface area contributed by atoms with Crippen LogP contribution in [0.5, 0.6) is 5.75 Å². The van der Waals surface area contributed by atoms with E-state index in [4.69, 9.17) is 14.8 Å². The average Bonchev–Trinajstić information content (AvgIpc) is 3.15. The summed E-state index contributed by atoms with van der Waals surface area (Å²) in [6.07, 6.45) is 4.83. The van der Waals surface area contributed by atoms with Crippen molar-refractivity contribution in [3.63, 3.8) is 0 Å². The van der Waals surface area contributed by atoms with Crippen molar-refractivity contribution in [1.29, 1.82) is 0 Å². The van der Waals surface area contributed by atoms with Gasteiger partial charge in [0, 0.05) is 35.6 Å². The van der Waals surface area contributed by atoms with E-state index in [-0.39, 0.29) is 17.2 Å². The van der Waals surface area contributed by atoms with Crippen LogP contribution in [0, 0.1) is 5.41 Å². The van der Waals surface area contributed by atoms with E-state index < -0.39 is 0 Å². The Labute approximate surface area is 174 Å². The molecule has 1 atom stereocenters. The number of hydrogen-bond acceptors (Lipinski definition) is 6. The maximum Gasteiger partial charge on any atom is 0.226 e. The largest absolute Gasteiger partial charge is 0.497 e. The van der Waals surface area contributed by atoms with E-state index in [2.05, 4.69) is 24.1 Å². The summed E-state index contributed by atoms with van der Waals surface area (Å²) in [5.41, 5.74) is 3.41. The van der Waals surface area contributed by atoms with Crippen LogP contribution in [0.3, 0.4) is 0 Å². The zero-order valence-corrected chi connectivity index (χ0v) is 17.2. The molecule has 1 aliphatic carbocycles. The number of ketones is 1. The molecule has 3 aromatic rings. The highest BCUT2D eigenvalue weighted by Gasteiger charge is 2.41. The van der Waals surface area contributed by atoms with Gasteiger partial charge in [0.15, 0.2) is 11.6 Å². The molecule has 7 nitrogen and oxygen atoms in total. The molecule has 152 valence electrons. The number of methoxy groups -OCH3 is 1. The first-order valence-electron chi connectivity index (χ1n) is 9.99. The van der Waals surface area contributed by atoms with E-state index in [0.29, 0.717) is 18.2 Å². The van der Waals surface area contributed by atoms with Crippen molar-refractivity contribution in [3.05, 3.63) is 65.6 Å². The van der Waals surface area contributed by atoms with Crippen LogP contribution in [0.15, 0.2) is 60.1 Å². The Morgan fingerprint density at radius 3 is 2.67 bits per heavy atom. The van der Waals surface area contributed by atoms with Crippen LogP contribution in [0.4, 0.5) is 5.95 Å². The minimum absolute atomic E-state index is 0.0938. The van der Waals surface area contributed by atoms with Crippen LogP contribution < -0.4 is 10.1 Å². The number of fused-ring (bicyclic) bond motifs is 1. The normalized spacial score (nSPS) is 19.7. The lowest BCUT2D eigenvalue weighted by atomic mass is 9.73. The third-order valence-electron chi connectivity index (χ3n) is 5.68. The number of pyridine rings is 1. The fourth-order valence-corrected chi connectivity index (χ4v) is 4.32. The highest BCUT2D eigenvalue weighted by Crippen LogP contribution is 2.45. The molecular weight excluding hydrogens is 378 g/mol. The van der Waals surface area contributed by atoms with Gasteiger partial charge in [-0.05, 0) is 47.7 Å². The second kappa shape index (κ2) is 6.79. The number of allylic oxidation sites excluding steroid dienone is 2. The smallest absolute Gasteiger partial charge is 0.226 e. The molecule has 2 aromatic heterocycles. The number of nitrogens with zero attached hydrogens (tertiary/aromatic N) is 4. The Kier molecular flexibility index (Phi) is 4.20. The fraction of sp³-hybridized carbons (Fsp3) is 0.304. The number of carbonyl (C=O) groups excluding carboxylic acids is 1. The summed E-state index contributed by atoms with van der Waals surface area (Å²) in [6, 6.07) is 11.2. The summed E-state index contributed by atoms with van der Waals surface area (Å²) in [4.78, 5) is 22.2. The second-order valence-electron chi connectivity index (χ2n) is 8.58. The van der Waals surface area contributed by atoms with E-state index in [1.54, 1.807) is 19.5 Å². The molecule has 0 amide bonds. The van der Waals surface area contributed by atoms with Gasteiger partial charge in [-0.15, -0.1) is 5.10 Å². The number of anilines is 1. The number of nitrogens with one attached hydrogen (secondary N) is 1. The number of benzene rings is 1. The average molecular weight is 401 g/mol. The zero-order chi connectivity index (χ0) is 20.9. The Balaban J connectivity index is 1.64. The summed E-state index contributed by atoms with van der Waals surface area (Å²) >= 11 is 0. The van der Waals surface area contributed by atoms with Gasteiger partial charge in [0.1, 0.15) is 11.8 Å². The molecule has 1 aliphatic heterocycles. The minimum atomic E-state index is -0.340. The maximum absolute atomic E-state index is 13.2. The van der Waals surface area contributed by atoms with Crippen molar-refractivity contribution in [1.82, 2.24) is 19.7 Å². The summed E-state index contributed by atoms with van der Waals surface area (Å²) in [5.74, 6) is 2.16. The predicted molar refractivity (Wildman–Crippen MR) is 113 cm³/mol. The maximum atomic E-state index is 13.2. The van der Waals surface area contributed by atoms with Crippen LogP contribution in [0.25, 0.3) is 11.4 Å². The summed E-state index contributed by atoms with van der Waals surface area (Å²) in [7, 11) is 1.64. The van der Waals surface area contributed by atoms with Gasteiger partial charge in [0.25, 0.3) is 0 Å². The van der Waals surface area contributed by atoms with E-state index in [1.807, 2.05) is 41.1 Å². The molecule has 0 bridgehead atoms. The van der Waals surface area contributed by atoms with Gasteiger partial charge in [-0.1, -0.05) is 19.9 Å². The van der Waals surface area contributed by atoms with E-state index in [1.165, 1.54) is 0 Å². The number of ether oxygens (including phenoxy) is 1. The zero-order valence-electron chi connectivity index (χ0n) is 17.2. The summed E-state index contributed by atoms with van der Waals surface area (Å²) in [6.45, 7) is 4.25. The quantitative estimate of drug-likeness (QED) is 0.714. The van der Waals surface area contributed by atoms with Gasteiger partial charge in [-0.25, -0.2) is 4.68 Å². The van der Waals surface area contributed by atoms with Crippen LogP contribution >= 0.6 is 0 Å². The molecule has 2 aliphatic rings.